The number of aliphatic hydroxyl groups excluding tert-OH is 1. The zero-order valence-electron chi connectivity index (χ0n) is 16.9. The van der Waals surface area contributed by atoms with E-state index in [9.17, 15) is 10.4 Å². The smallest absolute Gasteiger partial charge is 0.204 e. The van der Waals surface area contributed by atoms with Gasteiger partial charge < -0.3 is 19.0 Å². The SMILES string of the molecule is CC(C)[Si](O[C@@]12C[C@@]3(C)O[C@H]3C[C@H]1[C@](Cl)(C#N)C(O)O2)(C(C)C)C(C)C. The van der Waals surface area contributed by atoms with Crippen LogP contribution in [-0.4, -0.2) is 42.1 Å². The Morgan fingerprint density at radius 3 is 2.15 bits per heavy atom. The number of aliphatic hydroxyl groups is 1. The highest BCUT2D eigenvalue weighted by Gasteiger charge is 2.75. The summed E-state index contributed by atoms with van der Waals surface area (Å²) in [7, 11) is -2.32. The van der Waals surface area contributed by atoms with E-state index in [-0.39, 0.29) is 11.7 Å². The fourth-order valence-corrected chi connectivity index (χ4v) is 11.6. The second-order valence-electron chi connectivity index (χ2n) is 9.47. The van der Waals surface area contributed by atoms with E-state index in [2.05, 4.69) is 54.5 Å². The highest BCUT2D eigenvalue weighted by atomic mass is 35.5. The van der Waals surface area contributed by atoms with E-state index in [1.807, 2.05) is 0 Å². The van der Waals surface area contributed by atoms with Crippen LogP contribution in [0.4, 0.5) is 0 Å². The monoisotopic (exact) mass is 401 g/mol. The summed E-state index contributed by atoms with van der Waals surface area (Å²) >= 11 is 6.61. The number of hydrogen-bond donors (Lipinski definition) is 1. The Balaban J connectivity index is 2.08. The highest BCUT2D eigenvalue weighted by molar-refractivity contribution is 6.77. The molecule has 0 aromatic rings. The van der Waals surface area contributed by atoms with E-state index in [0.717, 1.165) is 0 Å². The average molecular weight is 402 g/mol. The minimum absolute atomic E-state index is 0.0535. The topological polar surface area (TPSA) is 75.0 Å². The van der Waals surface area contributed by atoms with E-state index in [4.69, 9.17) is 25.5 Å². The lowest BCUT2D eigenvalue weighted by atomic mass is 9.74. The van der Waals surface area contributed by atoms with E-state index in [0.29, 0.717) is 29.5 Å². The predicted molar refractivity (Wildman–Crippen MR) is 102 cm³/mol. The average Bonchev–Trinajstić information content (AvgIpc) is 3.13. The molecule has 1 N–H and O–H groups in total. The number of epoxide rings is 1. The predicted octanol–water partition coefficient (Wildman–Crippen LogP) is 4.29. The normalized spacial score (nSPS) is 45.0. The van der Waals surface area contributed by atoms with Crippen molar-refractivity contribution < 1.29 is 19.0 Å². The largest absolute Gasteiger partial charge is 0.389 e. The number of rotatable bonds is 5. The Morgan fingerprint density at radius 2 is 1.69 bits per heavy atom. The number of alkyl halides is 1. The zero-order chi connectivity index (χ0) is 19.7. The third-order valence-electron chi connectivity index (χ3n) is 7.02. The Bertz CT molecular complexity index is 601. The molecule has 3 fully saturated rings. The van der Waals surface area contributed by atoms with Crippen molar-refractivity contribution in [2.45, 2.75) is 107 Å². The van der Waals surface area contributed by atoms with Crippen molar-refractivity contribution in [2.75, 3.05) is 0 Å². The highest BCUT2D eigenvalue weighted by Crippen LogP contribution is 2.64. The molecule has 6 atom stereocenters. The summed E-state index contributed by atoms with van der Waals surface area (Å²) < 4.78 is 19.0. The van der Waals surface area contributed by atoms with Gasteiger partial charge in [-0.2, -0.15) is 5.26 Å². The van der Waals surface area contributed by atoms with Gasteiger partial charge in [0, 0.05) is 6.42 Å². The molecule has 26 heavy (non-hydrogen) atoms. The fourth-order valence-electron chi connectivity index (χ4n) is 5.73. The molecule has 3 rings (SSSR count). The first-order valence-corrected chi connectivity index (χ1v) is 12.2. The van der Waals surface area contributed by atoms with E-state index in [1.165, 1.54) is 0 Å². The third kappa shape index (κ3) is 2.62. The van der Waals surface area contributed by atoms with Crippen LogP contribution in [0.25, 0.3) is 0 Å². The summed E-state index contributed by atoms with van der Waals surface area (Å²) in [5.41, 5.74) is 0.753. The zero-order valence-corrected chi connectivity index (χ0v) is 18.6. The number of nitriles is 1. The molecule has 0 amide bonds. The van der Waals surface area contributed by atoms with E-state index >= 15 is 0 Å². The van der Waals surface area contributed by atoms with Crippen LogP contribution in [0.2, 0.25) is 16.6 Å². The lowest BCUT2D eigenvalue weighted by Gasteiger charge is -2.51. The van der Waals surface area contributed by atoms with Crippen molar-refractivity contribution in [3.05, 3.63) is 0 Å². The first-order valence-electron chi connectivity index (χ1n) is 9.72. The standard InChI is InChI=1S/C19H32ClNO4Si/c1-11(2)26(12(3)4,13(5)6)25-19-9-17(7)15(23-17)8-14(19)18(20,10-21)16(22)24-19/h11-16,22H,8-9H2,1-7H3/t14-,15-,16?,17+,18+,19-/m0/s1. The molecule has 5 nitrogen and oxygen atoms in total. The summed E-state index contributed by atoms with van der Waals surface area (Å²) in [4.78, 5) is -1.50. The molecule has 1 saturated carbocycles. The molecule has 0 aromatic carbocycles. The maximum absolute atomic E-state index is 10.6. The molecule has 2 aliphatic heterocycles. The number of hydrogen-bond acceptors (Lipinski definition) is 5. The van der Waals surface area contributed by atoms with Crippen molar-refractivity contribution in [3.63, 3.8) is 0 Å². The van der Waals surface area contributed by atoms with E-state index < -0.39 is 31.2 Å². The first kappa shape index (κ1) is 20.6. The number of ether oxygens (including phenoxy) is 2. The molecule has 2 saturated heterocycles. The van der Waals surface area contributed by atoms with Gasteiger partial charge in [-0.1, -0.05) is 53.1 Å². The van der Waals surface area contributed by atoms with Crippen LogP contribution < -0.4 is 0 Å². The van der Waals surface area contributed by atoms with Crippen LogP contribution in [0, 0.1) is 17.2 Å². The molecule has 1 aliphatic carbocycles. The number of nitrogens with zero attached hydrogens (tertiary/aromatic N) is 1. The maximum atomic E-state index is 10.6. The maximum Gasteiger partial charge on any atom is 0.204 e. The molecule has 0 aromatic heterocycles. The van der Waals surface area contributed by atoms with Crippen molar-refractivity contribution in [3.8, 4) is 6.07 Å². The molecule has 0 radical (unpaired) electrons. The molecule has 2 heterocycles. The Hall–Kier alpha value is -0.163. The first-order chi connectivity index (χ1) is 11.9. The molecule has 7 heteroatoms. The summed E-state index contributed by atoms with van der Waals surface area (Å²) in [6.07, 6.45) is -0.233. The molecule has 1 unspecified atom stereocenters. The Morgan fingerprint density at radius 1 is 1.15 bits per heavy atom. The molecule has 0 spiro atoms. The summed E-state index contributed by atoms with van der Waals surface area (Å²) in [6.45, 7) is 15.3. The van der Waals surface area contributed by atoms with Gasteiger partial charge in [0.1, 0.15) is 0 Å². The minimum atomic E-state index is -2.32. The Kier molecular flexibility index (Phi) is 4.88. The van der Waals surface area contributed by atoms with Crippen molar-refractivity contribution in [2.24, 2.45) is 5.92 Å². The minimum Gasteiger partial charge on any atom is -0.389 e. The lowest BCUT2D eigenvalue weighted by Crippen LogP contribution is -2.60. The number of fused-ring (bicyclic) bond motifs is 2. The van der Waals surface area contributed by atoms with Gasteiger partial charge in [0.05, 0.1) is 23.7 Å². The van der Waals surface area contributed by atoms with Crippen LogP contribution in [0.5, 0.6) is 0 Å². The van der Waals surface area contributed by atoms with Gasteiger partial charge in [-0.25, -0.2) is 0 Å². The van der Waals surface area contributed by atoms with Gasteiger partial charge in [-0.3, -0.25) is 0 Å². The molecular formula is C19H32ClNO4Si. The van der Waals surface area contributed by atoms with Gasteiger partial charge in [0.2, 0.25) is 8.32 Å². The van der Waals surface area contributed by atoms with Gasteiger partial charge in [-0.05, 0) is 30.0 Å². The van der Waals surface area contributed by atoms with Gasteiger partial charge in [0.25, 0.3) is 0 Å². The lowest BCUT2D eigenvalue weighted by molar-refractivity contribution is -0.251. The molecular weight excluding hydrogens is 370 g/mol. The van der Waals surface area contributed by atoms with Crippen molar-refractivity contribution in [1.82, 2.24) is 0 Å². The van der Waals surface area contributed by atoms with Gasteiger partial charge in [0.15, 0.2) is 17.0 Å². The quantitative estimate of drug-likeness (QED) is 0.422. The van der Waals surface area contributed by atoms with Crippen LogP contribution in [-0.2, 0) is 13.9 Å². The van der Waals surface area contributed by atoms with Crippen LogP contribution in [0.1, 0.15) is 61.3 Å². The molecule has 3 aliphatic rings. The summed E-state index contributed by atoms with van der Waals surface area (Å²) in [5, 5.41) is 20.3. The van der Waals surface area contributed by atoms with Gasteiger partial charge >= 0.3 is 0 Å². The number of halogens is 1. The Labute approximate surface area is 163 Å². The van der Waals surface area contributed by atoms with Crippen molar-refractivity contribution >= 4 is 19.9 Å². The summed E-state index contributed by atoms with van der Waals surface area (Å²) in [6, 6.07) is 2.11. The molecule has 0 bridgehead atoms. The fraction of sp³-hybridized carbons (Fsp3) is 0.947. The third-order valence-corrected chi connectivity index (χ3v) is 13.7. The second-order valence-corrected chi connectivity index (χ2v) is 15.5. The van der Waals surface area contributed by atoms with Crippen LogP contribution >= 0.6 is 11.6 Å². The summed E-state index contributed by atoms with van der Waals surface area (Å²) in [5.74, 6) is -1.48. The van der Waals surface area contributed by atoms with Crippen LogP contribution in [0.3, 0.4) is 0 Å². The molecule has 148 valence electrons. The second kappa shape index (κ2) is 6.17. The van der Waals surface area contributed by atoms with E-state index in [1.54, 1.807) is 0 Å². The van der Waals surface area contributed by atoms with Crippen molar-refractivity contribution in [1.29, 1.82) is 5.26 Å². The van der Waals surface area contributed by atoms with Crippen LogP contribution in [0.15, 0.2) is 0 Å². The van der Waals surface area contributed by atoms with Gasteiger partial charge in [-0.15, -0.1) is 0 Å².